The summed E-state index contributed by atoms with van der Waals surface area (Å²) < 4.78 is 5.80. The minimum absolute atomic E-state index is 0.0970. The van der Waals surface area contributed by atoms with Crippen molar-refractivity contribution >= 4 is 77.2 Å². The van der Waals surface area contributed by atoms with E-state index in [-0.39, 0.29) is 21.5 Å². The van der Waals surface area contributed by atoms with Crippen molar-refractivity contribution in [3.63, 3.8) is 0 Å². The van der Waals surface area contributed by atoms with E-state index in [9.17, 15) is 19.2 Å². The molecule has 4 atom stereocenters. The van der Waals surface area contributed by atoms with Crippen LogP contribution in [0.2, 0.25) is 0 Å². The third kappa shape index (κ3) is 4.83. The number of carbonyl (C=O) groups excluding carboxylic acids is 4. The monoisotopic (exact) mass is 578 g/mol. The number of hydrogen-bond acceptors (Lipinski definition) is 5. The molecule has 1 saturated heterocycles. The van der Waals surface area contributed by atoms with Gasteiger partial charge < -0.3 is 10.1 Å². The molecule has 7 nitrogen and oxygen atoms in total. The lowest BCUT2D eigenvalue weighted by Gasteiger charge is -2.29. The fourth-order valence-electron chi connectivity index (χ4n) is 3.37. The molecule has 1 aromatic carbocycles. The summed E-state index contributed by atoms with van der Waals surface area (Å²) in [6.07, 6.45) is 1.07. The van der Waals surface area contributed by atoms with Crippen LogP contribution in [0.3, 0.4) is 0 Å². The van der Waals surface area contributed by atoms with E-state index in [4.69, 9.17) is 4.74 Å². The van der Waals surface area contributed by atoms with Gasteiger partial charge in [0.05, 0.1) is 11.8 Å². The molecule has 1 saturated carbocycles. The van der Waals surface area contributed by atoms with Crippen LogP contribution in [-0.4, -0.2) is 51.4 Å². The highest BCUT2D eigenvalue weighted by atomic mass is 79.9. The number of halogens is 3. The Labute approximate surface area is 186 Å². The standard InChI is InChI=1S/C18H17Br3N2O5/c19-9-1-3-10(4-2-9)22-15(24)8-28-16(25)7-23-17(26)11-5-13(20)14(21)6-12(11)18(23)27/h1-4,11-14H,5-8H2,(H,22,24)/t11-,12+,13-,14-/m0/s1. The van der Waals surface area contributed by atoms with Gasteiger partial charge in [0.15, 0.2) is 6.61 Å². The van der Waals surface area contributed by atoms with E-state index in [2.05, 4.69) is 53.1 Å². The Bertz CT molecular complexity index is 773. The number of nitrogens with zero attached hydrogens (tertiary/aromatic N) is 1. The Morgan fingerprint density at radius 3 is 2.11 bits per heavy atom. The van der Waals surface area contributed by atoms with Gasteiger partial charge in [0.25, 0.3) is 5.91 Å². The Hall–Kier alpha value is -1.26. The number of hydrogen-bond donors (Lipinski definition) is 1. The molecule has 0 radical (unpaired) electrons. The van der Waals surface area contributed by atoms with E-state index in [1.807, 2.05) is 0 Å². The van der Waals surface area contributed by atoms with Gasteiger partial charge in [-0.15, -0.1) is 0 Å². The predicted octanol–water partition coefficient (Wildman–Crippen LogP) is 2.85. The second kappa shape index (κ2) is 9.04. The number of carbonyl (C=O) groups is 4. The molecule has 0 spiro atoms. The molecule has 3 rings (SSSR count). The van der Waals surface area contributed by atoms with Gasteiger partial charge >= 0.3 is 5.97 Å². The zero-order valence-electron chi connectivity index (χ0n) is 14.6. The molecular formula is C18H17Br3N2O5. The van der Waals surface area contributed by atoms with Crippen LogP contribution in [0.4, 0.5) is 5.69 Å². The summed E-state index contributed by atoms with van der Waals surface area (Å²) in [4.78, 5) is 50.1. The third-order valence-electron chi connectivity index (χ3n) is 4.78. The number of imide groups is 1. The van der Waals surface area contributed by atoms with E-state index in [1.165, 1.54) is 0 Å². The van der Waals surface area contributed by atoms with Crippen molar-refractivity contribution in [2.45, 2.75) is 22.5 Å². The first-order valence-electron chi connectivity index (χ1n) is 8.60. The quantitative estimate of drug-likeness (QED) is 0.329. The van der Waals surface area contributed by atoms with Crippen LogP contribution in [0, 0.1) is 11.8 Å². The first-order valence-corrected chi connectivity index (χ1v) is 11.2. The first-order chi connectivity index (χ1) is 13.3. The van der Waals surface area contributed by atoms with Gasteiger partial charge in [0, 0.05) is 19.8 Å². The van der Waals surface area contributed by atoms with Crippen molar-refractivity contribution in [3.05, 3.63) is 28.7 Å². The van der Waals surface area contributed by atoms with E-state index >= 15 is 0 Å². The highest BCUT2D eigenvalue weighted by molar-refractivity contribution is 9.12. The van der Waals surface area contributed by atoms with Gasteiger partial charge in [-0.05, 0) is 37.1 Å². The summed E-state index contributed by atoms with van der Waals surface area (Å²) in [5, 5.41) is 2.59. The lowest BCUT2D eigenvalue weighted by molar-refractivity contribution is -0.154. The number of likely N-dealkylation sites (tertiary alicyclic amines) is 1. The molecule has 2 aliphatic rings. The lowest BCUT2D eigenvalue weighted by Crippen LogP contribution is -2.37. The SMILES string of the molecule is O=C(COC(=O)CN1C(=O)[C@H]2C[C@H](Br)[C@@H](Br)C[C@H]2C1=O)Nc1ccc(Br)cc1. The number of ether oxygens (including phenoxy) is 1. The maximum atomic E-state index is 12.5. The minimum atomic E-state index is -0.794. The molecule has 2 fully saturated rings. The van der Waals surface area contributed by atoms with Crippen molar-refractivity contribution < 1.29 is 23.9 Å². The fourth-order valence-corrected chi connectivity index (χ4v) is 4.87. The Kier molecular flexibility index (Phi) is 6.93. The van der Waals surface area contributed by atoms with E-state index in [1.54, 1.807) is 24.3 Å². The smallest absolute Gasteiger partial charge is 0.326 e. The molecule has 1 aliphatic carbocycles. The molecule has 0 aromatic heterocycles. The van der Waals surface area contributed by atoms with Gasteiger partial charge in [0.2, 0.25) is 11.8 Å². The number of esters is 1. The fraction of sp³-hybridized carbons (Fsp3) is 0.444. The average molecular weight is 581 g/mol. The lowest BCUT2D eigenvalue weighted by atomic mass is 9.81. The van der Waals surface area contributed by atoms with Crippen molar-refractivity contribution in [2.24, 2.45) is 11.8 Å². The Morgan fingerprint density at radius 1 is 1.04 bits per heavy atom. The highest BCUT2D eigenvalue weighted by Gasteiger charge is 2.52. The number of benzene rings is 1. The molecular weight excluding hydrogens is 564 g/mol. The van der Waals surface area contributed by atoms with Crippen LogP contribution in [0.15, 0.2) is 28.7 Å². The van der Waals surface area contributed by atoms with Crippen LogP contribution in [-0.2, 0) is 23.9 Å². The van der Waals surface area contributed by atoms with Gasteiger partial charge in [-0.25, -0.2) is 0 Å². The Balaban J connectivity index is 1.50. The predicted molar refractivity (Wildman–Crippen MR) is 112 cm³/mol. The van der Waals surface area contributed by atoms with Crippen molar-refractivity contribution in [1.82, 2.24) is 4.90 Å². The molecule has 3 amide bonds. The highest BCUT2D eigenvalue weighted by Crippen LogP contribution is 2.43. The number of fused-ring (bicyclic) bond motifs is 1. The van der Waals surface area contributed by atoms with E-state index in [0.29, 0.717) is 18.5 Å². The van der Waals surface area contributed by atoms with E-state index < -0.39 is 36.9 Å². The zero-order chi connectivity index (χ0) is 20.4. The summed E-state index contributed by atoms with van der Waals surface area (Å²) in [6, 6.07) is 6.92. The molecule has 0 bridgehead atoms. The van der Waals surface area contributed by atoms with Crippen molar-refractivity contribution in [2.75, 3.05) is 18.5 Å². The minimum Gasteiger partial charge on any atom is -0.454 e. The van der Waals surface area contributed by atoms with Crippen LogP contribution >= 0.6 is 47.8 Å². The van der Waals surface area contributed by atoms with Gasteiger partial charge in [-0.2, -0.15) is 0 Å². The van der Waals surface area contributed by atoms with Crippen molar-refractivity contribution in [3.8, 4) is 0 Å². The van der Waals surface area contributed by atoms with Crippen LogP contribution in [0.1, 0.15) is 12.8 Å². The average Bonchev–Trinajstić information content (AvgIpc) is 2.87. The number of amides is 3. The van der Waals surface area contributed by atoms with Gasteiger partial charge in [-0.3, -0.25) is 24.1 Å². The second-order valence-electron chi connectivity index (χ2n) is 6.69. The first kappa shape index (κ1) is 21.4. The Morgan fingerprint density at radius 2 is 1.57 bits per heavy atom. The number of rotatable bonds is 5. The van der Waals surface area contributed by atoms with Gasteiger partial charge in [-0.1, -0.05) is 47.8 Å². The number of nitrogens with one attached hydrogen (secondary N) is 1. The normalized spacial score (nSPS) is 26.8. The van der Waals surface area contributed by atoms with Crippen LogP contribution in [0.5, 0.6) is 0 Å². The molecule has 28 heavy (non-hydrogen) atoms. The summed E-state index contributed by atoms with van der Waals surface area (Å²) in [5.41, 5.74) is 0.562. The molecule has 1 aliphatic heterocycles. The van der Waals surface area contributed by atoms with Crippen LogP contribution < -0.4 is 5.32 Å². The van der Waals surface area contributed by atoms with Crippen molar-refractivity contribution in [1.29, 1.82) is 0 Å². The summed E-state index contributed by atoms with van der Waals surface area (Å²) >= 11 is 10.3. The maximum absolute atomic E-state index is 12.5. The topological polar surface area (TPSA) is 92.8 Å². The molecule has 150 valence electrons. The number of alkyl halides is 2. The molecule has 1 heterocycles. The molecule has 10 heteroatoms. The second-order valence-corrected chi connectivity index (χ2v) is 9.96. The largest absolute Gasteiger partial charge is 0.454 e. The molecule has 1 aromatic rings. The summed E-state index contributed by atoms with van der Waals surface area (Å²) in [6.45, 7) is -0.971. The van der Waals surface area contributed by atoms with Crippen LogP contribution in [0.25, 0.3) is 0 Å². The van der Waals surface area contributed by atoms with E-state index in [0.717, 1.165) is 9.37 Å². The molecule has 1 N–H and O–H groups in total. The summed E-state index contributed by atoms with van der Waals surface area (Å²) in [7, 11) is 0. The van der Waals surface area contributed by atoms with Gasteiger partial charge in [0.1, 0.15) is 6.54 Å². The zero-order valence-corrected chi connectivity index (χ0v) is 19.3. The number of anilines is 1. The third-order valence-corrected chi connectivity index (χ3v) is 8.04. The molecule has 0 unspecified atom stereocenters. The maximum Gasteiger partial charge on any atom is 0.326 e. The summed E-state index contributed by atoms with van der Waals surface area (Å²) in [5.74, 6) is -2.84.